The van der Waals surface area contributed by atoms with E-state index in [0.29, 0.717) is 5.56 Å². The summed E-state index contributed by atoms with van der Waals surface area (Å²) in [5.41, 5.74) is -0.241. The number of amides is 2. The zero-order chi connectivity index (χ0) is 21.8. The summed E-state index contributed by atoms with van der Waals surface area (Å²) >= 11 is 6.02. The van der Waals surface area contributed by atoms with Gasteiger partial charge in [-0.25, -0.2) is 0 Å². The van der Waals surface area contributed by atoms with Crippen LogP contribution in [0, 0.1) is 5.92 Å². The van der Waals surface area contributed by atoms with Crippen LogP contribution in [-0.2, 0) is 11.0 Å². The first-order valence-electron chi connectivity index (χ1n) is 9.03. The predicted molar refractivity (Wildman–Crippen MR) is 106 cm³/mol. The van der Waals surface area contributed by atoms with Crippen LogP contribution in [0.5, 0.6) is 0 Å². The van der Waals surface area contributed by atoms with Crippen molar-refractivity contribution in [2.24, 2.45) is 5.92 Å². The molecule has 0 saturated carbocycles. The number of halogens is 4. The van der Waals surface area contributed by atoms with Gasteiger partial charge < -0.3 is 10.6 Å². The van der Waals surface area contributed by atoms with Crippen molar-refractivity contribution in [1.29, 1.82) is 0 Å². The highest BCUT2D eigenvalue weighted by Crippen LogP contribution is 2.30. The molecule has 2 N–H and O–H groups in total. The van der Waals surface area contributed by atoms with Gasteiger partial charge in [0.1, 0.15) is 6.04 Å². The van der Waals surface area contributed by atoms with Gasteiger partial charge in [-0.1, -0.05) is 49.7 Å². The maximum absolute atomic E-state index is 12.9. The zero-order valence-corrected chi connectivity index (χ0v) is 16.9. The molecule has 2 aromatic carbocycles. The quantitative estimate of drug-likeness (QED) is 0.683. The Morgan fingerprint density at radius 3 is 2.21 bits per heavy atom. The number of rotatable bonds is 6. The highest BCUT2D eigenvalue weighted by molar-refractivity contribution is 6.33. The summed E-state index contributed by atoms with van der Waals surface area (Å²) in [4.78, 5) is 25.2. The van der Waals surface area contributed by atoms with Crippen molar-refractivity contribution in [3.8, 4) is 0 Å². The number of carbonyl (C=O) groups is 2. The second-order valence-electron chi connectivity index (χ2n) is 7.03. The monoisotopic (exact) mass is 426 g/mol. The molecule has 4 nitrogen and oxygen atoms in total. The van der Waals surface area contributed by atoms with Gasteiger partial charge in [-0.3, -0.25) is 9.59 Å². The first-order valence-corrected chi connectivity index (χ1v) is 9.41. The Labute approximate surface area is 172 Å². The van der Waals surface area contributed by atoms with Crippen molar-refractivity contribution in [2.45, 2.75) is 39.0 Å². The summed E-state index contributed by atoms with van der Waals surface area (Å²) in [5, 5.41) is 5.58. The molecule has 2 aromatic rings. The fourth-order valence-electron chi connectivity index (χ4n) is 2.77. The molecule has 0 aliphatic carbocycles. The number of alkyl halides is 3. The SMILES string of the molecule is CC(C)[C@@H](NC(=O)c1ccccc1Cl)C(=O)N[C@@H](C)c1cccc(C(F)(F)F)c1. The standard InChI is InChI=1S/C21H22ClF3N2O2/c1-12(2)18(27-19(28)16-9-4-5-10-17(16)22)20(29)26-13(3)14-7-6-8-15(11-14)21(23,24)25/h4-13,18H,1-3H3,(H,26,29)(H,27,28)/t13-,18+/m0/s1. The lowest BCUT2D eigenvalue weighted by Gasteiger charge is -2.24. The van der Waals surface area contributed by atoms with Crippen molar-refractivity contribution >= 4 is 23.4 Å². The van der Waals surface area contributed by atoms with E-state index in [2.05, 4.69) is 10.6 Å². The molecule has 2 rings (SSSR count). The molecule has 0 heterocycles. The van der Waals surface area contributed by atoms with E-state index in [0.717, 1.165) is 12.1 Å². The van der Waals surface area contributed by atoms with E-state index in [1.807, 2.05) is 0 Å². The van der Waals surface area contributed by atoms with E-state index < -0.39 is 35.6 Å². The lowest BCUT2D eigenvalue weighted by atomic mass is 10.0. The molecule has 0 spiro atoms. The second-order valence-corrected chi connectivity index (χ2v) is 7.44. The number of hydrogen-bond donors (Lipinski definition) is 2. The molecule has 0 radical (unpaired) electrons. The summed E-state index contributed by atoms with van der Waals surface area (Å²) in [7, 11) is 0. The molecule has 0 unspecified atom stereocenters. The molecule has 0 aromatic heterocycles. The lowest BCUT2D eigenvalue weighted by molar-refractivity contribution is -0.137. The van der Waals surface area contributed by atoms with Crippen LogP contribution < -0.4 is 10.6 Å². The van der Waals surface area contributed by atoms with Gasteiger partial charge in [0.25, 0.3) is 5.91 Å². The number of hydrogen-bond acceptors (Lipinski definition) is 2. The van der Waals surface area contributed by atoms with Crippen LogP contribution in [0.25, 0.3) is 0 Å². The third-order valence-corrected chi connectivity index (χ3v) is 4.76. The molecular weight excluding hydrogens is 405 g/mol. The summed E-state index contributed by atoms with van der Waals surface area (Å²) in [5.74, 6) is -1.25. The van der Waals surface area contributed by atoms with Gasteiger partial charge >= 0.3 is 6.18 Å². The molecular formula is C21H22ClF3N2O2. The van der Waals surface area contributed by atoms with Gasteiger partial charge in [0.05, 0.1) is 22.2 Å². The van der Waals surface area contributed by atoms with Gasteiger partial charge in [-0.05, 0) is 42.7 Å². The molecule has 2 atom stereocenters. The van der Waals surface area contributed by atoms with E-state index >= 15 is 0 Å². The minimum Gasteiger partial charge on any atom is -0.348 e. The third kappa shape index (κ3) is 5.97. The Balaban J connectivity index is 2.13. The molecule has 0 aliphatic rings. The Hall–Kier alpha value is -2.54. The van der Waals surface area contributed by atoms with E-state index in [1.54, 1.807) is 39.0 Å². The van der Waals surface area contributed by atoms with Crippen LogP contribution in [0.2, 0.25) is 5.02 Å². The largest absolute Gasteiger partial charge is 0.416 e. The van der Waals surface area contributed by atoms with Crippen LogP contribution in [0.15, 0.2) is 48.5 Å². The summed E-state index contributed by atoms with van der Waals surface area (Å²) in [6, 6.07) is 9.65. The van der Waals surface area contributed by atoms with E-state index in [4.69, 9.17) is 11.6 Å². The molecule has 0 aliphatic heterocycles. The smallest absolute Gasteiger partial charge is 0.348 e. The Kier molecular flexibility index (Phi) is 7.30. The van der Waals surface area contributed by atoms with E-state index in [1.165, 1.54) is 18.2 Å². The average molecular weight is 427 g/mol. The first kappa shape index (κ1) is 22.7. The third-order valence-electron chi connectivity index (χ3n) is 4.43. The fourth-order valence-corrected chi connectivity index (χ4v) is 2.99. The minimum atomic E-state index is -4.47. The summed E-state index contributed by atoms with van der Waals surface area (Å²) in [6.45, 7) is 5.10. The lowest BCUT2D eigenvalue weighted by Crippen LogP contribution is -2.50. The van der Waals surface area contributed by atoms with Gasteiger partial charge in [0.15, 0.2) is 0 Å². The topological polar surface area (TPSA) is 58.2 Å². The fraction of sp³-hybridized carbons (Fsp3) is 0.333. The van der Waals surface area contributed by atoms with Crippen molar-refractivity contribution in [1.82, 2.24) is 10.6 Å². The highest BCUT2D eigenvalue weighted by Gasteiger charge is 2.31. The Bertz CT molecular complexity index is 884. The molecule has 0 fully saturated rings. The highest BCUT2D eigenvalue weighted by atomic mass is 35.5. The average Bonchev–Trinajstić information content (AvgIpc) is 2.65. The van der Waals surface area contributed by atoms with E-state index in [9.17, 15) is 22.8 Å². The van der Waals surface area contributed by atoms with Crippen molar-refractivity contribution in [2.75, 3.05) is 0 Å². The van der Waals surface area contributed by atoms with Gasteiger partial charge in [0, 0.05) is 0 Å². The zero-order valence-electron chi connectivity index (χ0n) is 16.2. The molecule has 29 heavy (non-hydrogen) atoms. The minimum absolute atomic E-state index is 0.235. The molecule has 8 heteroatoms. The molecule has 0 saturated heterocycles. The maximum atomic E-state index is 12.9. The summed E-state index contributed by atoms with van der Waals surface area (Å²) in [6.07, 6.45) is -4.47. The second kappa shape index (κ2) is 9.31. The first-order chi connectivity index (χ1) is 13.5. The summed E-state index contributed by atoms with van der Waals surface area (Å²) < 4.78 is 38.8. The Morgan fingerprint density at radius 2 is 1.62 bits per heavy atom. The van der Waals surface area contributed by atoms with Crippen molar-refractivity contribution in [3.63, 3.8) is 0 Å². The van der Waals surface area contributed by atoms with Gasteiger partial charge in [-0.2, -0.15) is 13.2 Å². The van der Waals surface area contributed by atoms with Crippen LogP contribution in [-0.4, -0.2) is 17.9 Å². The normalized spacial score (nSPS) is 13.7. The van der Waals surface area contributed by atoms with Crippen molar-refractivity contribution in [3.05, 3.63) is 70.2 Å². The number of nitrogens with one attached hydrogen (secondary N) is 2. The molecule has 2 amide bonds. The van der Waals surface area contributed by atoms with Crippen LogP contribution >= 0.6 is 11.6 Å². The van der Waals surface area contributed by atoms with Crippen LogP contribution in [0.4, 0.5) is 13.2 Å². The van der Waals surface area contributed by atoms with Crippen LogP contribution in [0.3, 0.4) is 0 Å². The molecule has 156 valence electrons. The number of carbonyl (C=O) groups excluding carboxylic acids is 2. The number of benzene rings is 2. The van der Waals surface area contributed by atoms with Crippen molar-refractivity contribution < 1.29 is 22.8 Å². The Morgan fingerprint density at radius 1 is 0.966 bits per heavy atom. The van der Waals surface area contributed by atoms with Crippen LogP contribution in [0.1, 0.15) is 48.3 Å². The van der Waals surface area contributed by atoms with Gasteiger partial charge in [0.2, 0.25) is 5.91 Å². The van der Waals surface area contributed by atoms with E-state index in [-0.39, 0.29) is 16.5 Å². The maximum Gasteiger partial charge on any atom is 0.416 e. The van der Waals surface area contributed by atoms with Gasteiger partial charge in [-0.15, -0.1) is 0 Å². The molecule has 0 bridgehead atoms. The predicted octanol–water partition coefficient (Wildman–Crippen LogP) is 4.99.